The Labute approximate surface area is 111 Å². The Hall–Kier alpha value is -0.980. The van der Waals surface area contributed by atoms with Crippen molar-refractivity contribution in [2.24, 2.45) is 5.92 Å². The number of aryl methyl sites for hydroxylation is 2. The van der Waals surface area contributed by atoms with Gasteiger partial charge in [-0.25, -0.2) is 0 Å². The summed E-state index contributed by atoms with van der Waals surface area (Å²) in [6.45, 7) is 1.18. The summed E-state index contributed by atoms with van der Waals surface area (Å²) in [5.74, 6) is 0.903. The fourth-order valence-corrected chi connectivity index (χ4v) is 3.51. The molecule has 1 fully saturated rings. The van der Waals surface area contributed by atoms with Crippen LogP contribution in [0.2, 0.25) is 0 Å². The maximum atomic E-state index is 3.67. The Morgan fingerprint density at radius 3 is 2.50 bits per heavy atom. The molecule has 0 amide bonds. The molecule has 0 saturated heterocycles. The summed E-state index contributed by atoms with van der Waals surface area (Å²) in [4.78, 5) is 0. The van der Waals surface area contributed by atoms with Crippen molar-refractivity contribution in [2.75, 3.05) is 11.9 Å². The minimum atomic E-state index is 0.903. The number of hydrogen-bond donors (Lipinski definition) is 1. The molecule has 1 aromatic rings. The number of rotatable bonds is 3. The minimum Gasteiger partial charge on any atom is -0.385 e. The highest BCUT2D eigenvalue weighted by Gasteiger charge is 2.13. The van der Waals surface area contributed by atoms with Crippen LogP contribution in [-0.2, 0) is 12.8 Å². The number of anilines is 1. The summed E-state index contributed by atoms with van der Waals surface area (Å²) < 4.78 is 0. The summed E-state index contributed by atoms with van der Waals surface area (Å²) in [7, 11) is 0. The van der Waals surface area contributed by atoms with Crippen LogP contribution in [0.5, 0.6) is 0 Å². The van der Waals surface area contributed by atoms with Gasteiger partial charge in [-0.05, 0) is 61.3 Å². The lowest BCUT2D eigenvalue weighted by atomic mass is 10.0. The predicted molar refractivity (Wildman–Crippen MR) is 78.1 cm³/mol. The first-order valence-corrected chi connectivity index (χ1v) is 7.77. The smallest absolute Gasteiger partial charge is 0.0343 e. The van der Waals surface area contributed by atoms with Crippen LogP contribution in [0.4, 0.5) is 5.69 Å². The summed E-state index contributed by atoms with van der Waals surface area (Å²) >= 11 is 0. The van der Waals surface area contributed by atoms with Gasteiger partial charge in [0.05, 0.1) is 0 Å². The van der Waals surface area contributed by atoms with E-state index in [2.05, 4.69) is 23.5 Å². The first-order valence-electron chi connectivity index (χ1n) is 7.77. The Morgan fingerprint density at radius 2 is 1.67 bits per heavy atom. The fourth-order valence-electron chi connectivity index (χ4n) is 3.51. The molecular formula is C17H25N. The zero-order chi connectivity index (χ0) is 12.2. The summed E-state index contributed by atoms with van der Waals surface area (Å²) in [5, 5.41) is 3.67. The molecule has 2 aliphatic rings. The van der Waals surface area contributed by atoms with Crippen molar-refractivity contribution in [1.29, 1.82) is 0 Å². The van der Waals surface area contributed by atoms with Gasteiger partial charge in [0.15, 0.2) is 0 Å². The van der Waals surface area contributed by atoms with Crippen LogP contribution >= 0.6 is 0 Å². The van der Waals surface area contributed by atoms with Crippen LogP contribution in [0.15, 0.2) is 18.2 Å². The van der Waals surface area contributed by atoms with Gasteiger partial charge in [0.1, 0.15) is 0 Å². The molecule has 1 saturated carbocycles. The summed E-state index contributed by atoms with van der Waals surface area (Å²) in [6.07, 6.45) is 12.6. The molecule has 0 unspecified atom stereocenters. The van der Waals surface area contributed by atoms with Crippen LogP contribution < -0.4 is 5.32 Å². The Balaban J connectivity index is 1.56. The normalized spacial score (nSPS) is 20.4. The molecule has 1 aromatic carbocycles. The first-order chi connectivity index (χ1) is 8.92. The van der Waals surface area contributed by atoms with Gasteiger partial charge in [-0.15, -0.1) is 0 Å². The molecule has 0 aliphatic heterocycles. The van der Waals surface area contributed by atoms with Crippen LogP contribution in [-0.4, -0.2) is 6.54 Å². The second-order valence-corrected chi connectivity index (χ2v) is 6.08. The lowest BCUT2D eigenvalue weighted by Crippen LogP contribution is -2.13. The standard InChI is InChI=1S/C17H25N/c1-2-4-7-14(6-3-1)13-18-17-11-10-15-8-5-9-16(15)12-17/h10-12,14,18H,1-9,13H2. The van der Waals surface area contributed by atoms with Gasteiger partial charge in [0.2, 0.25) is 0 Å². The molecule has 3 rings (SSSR count). The lowest BCUT2D eigenvalue weighted by Gasteiger charge is -2.16. The third-order valence-corrected chi connectivity index (χ3v) is 4.67. The third-order valence-electron chi connectivity index (χ3n) is 4.67. The number of benzene rings is 1. The van der Waals surface area contributed by atoms with E-state index in [-0.39, 0.29) is 0 Å². The highest BCUT2D eigenvalue weighted by molar-refractivity contribution is 5.50. The van der Waals surface area contributed by atoms with Crippen LogP contribution in [0.25, 0.3) is 0 Å². The Kier molecular flexibility index (Phi) is 3.87. The van der Waals surface area contributed by atoms with Gasteiger partial charge in [-0.2, -0.15) is 0 Å². The van der Waals surface area contributed by atoms with Crippen LogP contribution in [0, 0.1) is 5.92 Å². The van der Waals surface area contributed by atoms with Crippen LogP contribution in [0.3, 0.4) is 0 Å². The molecular weight excluding hydrogens is 218 g/mol. The summed E-state index contributed by atoms with van der Waals surface area (Å²) in [6, 6.07) is 7.00. The Morgan fingerprint density at radius 1 is 0.889 bits per heavy atom. The van der Waals surface area contributed by atoms with E-state index < -0.39 is 0 Å². The molecule has 0 spiro atoms. The van der Waals surface area contributed by atoms with Gasteiger partial charge in [0, 0.05) is 12.2 Å². The first kappa shape index (κ1) is 12.1. The Bertz CT molecular complexity index is 389. The van der Waals surface area contributed by atoms with Crippen molar-refractivity contribution in [3.63, 3.8) is 0 Å². The van der Waals surface area contributed by atoms with E-state index >= 15 is 0 Å². The molecule has 1 nitrogen and oxygen atoms in total. The zero-order valence-electron chi connectivity index (χ0n) is 11.4. The van der Waals surface area contributed by atoms with Crippen molar-refractivity contribution in [3.8, 4) is 0 Å². The molecule has 0 radical (unpaired) electrons. The number of nitrogens with one attached hydrogen (secondary N) is 1. The van der Waals surface area contributed by atoms with Crippen LogP contribution in [0.1, 0.15) is 56.1 Å². The molecule has 2 aliphatic carbocycles. The number of fused-ring (bicyclic) bond motifs is 1. The number of hydrogen-bond acceptors (Lipinski definition) is 1. The molecule has 98 valence electrons. The molecule has 0 bridgehead atoms. The van der Waals surface area contributed by atoms with Crippen molar-refractivity contribution >= 4 is 5.69 Å². The fraction of sp³-hybridized carbons (Fsp3) is 0.647. The van der Waals surface area contributed by atoms with E-state index in [4.69, 9.17) is 0 Å². The molecule has 0 aromatic heterocycles. The van der Waals surface area contributed by atoms with Crippen molar-refractivity contribution in [1.82, 2.24) is 0 Å². The van der Waals surface area contributed by atoms with Gasteiger partial charge in [0.25, 0.3) is 0 Å². The predicted octanol–water partition coefficient (Wildman–Crippen LogP) is 4.56. The topological polar surface area (TPSA) is 12.0 Å². The highest BCUT2D eigenvalue weighted by atomic mass is 14.9. The largest absolute Gasteiger partial charge is 0.385 e. The monoisotopic (exact) mass is 243 g/mol. The van der Waals surface area contributed by atoms with Crippen molar-refractivity contribution in [3.05, 3.63) is 29.3 Å². The average molecular weight is 243 g/mol. The molecule has 0 atom stereocenters. The van der Waals surface area contributed by atoms with Gasteiger partial charge < -0.3 is 5.32 Å². The molecule has 1 N–H and O–H groups in total. The van der Waals surface area contributed by atoms with E-state index in [0.717, 1.165) is 5.92 Å². The van der Waals surface area contributed by atoms with Gasteiger partial charge in [-0.1, -0.05) is 31.7 Å². The van der Waals surface area contributed by atoms with Gasteiger partial charge in [-0.3, -0.25) is 0 Å². The second-order valence-electron chi connectivity index (χ2n) is 6.08. The van der Waals surface area contributed by atoms with Gasteiger partial charge >= 0.3 is 0 Å². The molecule has 1 heteroatoms. The minimum absolute atomic E-state index is 0.903. The van der Waals surface area contributed by atoms with Crippen molar-refractivity contribution < 1.29 is 0 Å². The SMILES string of the molecule is c1cc2c(cc1NCC1CCCCCC1)CCC2. The van der Waals surface area contributed by atoms with Crippen molar-refractivity contribution in [2.45, 2.75) is 57.8 Å². The van der Waals surface area contributed by atoms with E-state index in [0.29, 0.717) is 0 Å². The maximum absolute atomic E-state index is 3.67. The molecule has 18 heavy (non-hydrogen) atoms. The zero-order valence-corrected chi connectivity index (χ0v) is 11.4. The van der Waals surface area contributed by atoms with E-state index in [1.54, 1.807) is 11.1 Å². The van der Waals surface area contributed by atoms with E-state index in [1.807, 2.05) is 0 Å². The summed E-state index contributed by atoms with van der Waals surface area (Å²) in [5.41, 5.74) is 4.51. The average Bonchev–Trinajstić information content (AvgIpc) is 2.70. The lowest BCUT2D eigenvalue weighted by molar-refractivity contribution is 0.483. The second kappa shape index (κ2) is 5.77. The van der Waals surface area contributed by atoms with E-state index in [9.17, 15) is 0 Å². The maximum Gasteiger partial charge on any atom is 0.0343 e. The van der Waals surface area contributed by atoms with E-state index in [1.165, 1.54) is 70.0 Å². The third kappa shape index (κ3) is 2.88. The highest BCUT2D eigenvalue weighted by Crippen LogP contribution is 2.26. The molecule has 0 heterocycles. The quantitative estimate of drug-likeness (QED) is 0.767.